The minimum atomic E-state index is -1.05. The fourth-order valence-electron chi connectivity index (χ4n) is 1.68. The van der Waals surface area contributed by atoms with Crippen molar-refractivity contribution in [1.29, 1.82) is 0 Å². The molecule has 0 radical (unpaired) electrons. The molecular formula is C11H11FN2O2. The fraction of sp³-hybridized carbons (Fsp3) is 0.182. The van der Waals surface area contributed by atoms with E-state index in [1.165, 1.54) is 12.1 Å². The zero-order chi connectivity index (χ0) is 11.5. The number of nitrogens with zero attached hydrogens (tertiary/aromatic N) is 1. The highest BCUT2D eigenvalue weighted by molar-refractivity contribution is 5.66. The van der Waals surface area contributed by atoms with Crippen molar-refractivity contribution in [3.8, 4) is 0 Å². The van der Waals surface area contributed by atoms with Crippen molar-refractivity contribution in [3.05, 3.63) is 47.9 Å². The van der Waals surface area contributed by atoms with Crippen LogP contribution in [0.4, 0.5) is 9.18 Å². The van der Waals surface area contributed by atoms with Crippen LogP contribution in [0.25, 0.3) is 0 Å². The number of hydrogen-bond donors (Lipinski definition) is 2. The van der Waals surface area contributed by atoms with Gasteiger partial charge in [-0.2, -0.15) is 0 Å². The van der Waals surface area contributed by atoms with Gasteiger partial charge in [0.15, 0.2) is 0 Å². The molecular weight excluding hydrogens is 211 g/mol. The van der Waals surface area contributed by atoms with E-state index in [4.69, 9.17) is 5.11 Å². The molecule has 1 aromatic rings. The highest BCUT2D eigenvalue weighted by Gasteiger charge is 2.24. The van der Waals surface area contributed by atoms with Crippen LogP contribution in [0.2, 0.25) is 0 Å². The van der Waals surface area contributed by atoms with Gasteiger partial charge in [-0.1, -0.05) is 12.1 Å². The maximum Gasteiger partial charge on any atom is 0.426 e. The van der Waals surface area contributed by atoms with Gasteiger partial charge in [0.1, 0.15) is 5.82 Å². The maximum atomic E-state index is 12.9. The minimum absolute atomic E-state index is 0.292. The van der Waals surface area contributed by atoms with Gasteiger partial charge < -0.3 is 10.5 Å². The summed E-state index contributed by atoms with van der Waals surface area (Å²) < 4.78 is 12.9. The Morgan fingerprint density at radius 2 is 2.38 bits per heavy atom. The Hall–Kier alpha value is -2.04. The third kappa shape index (κ3) is 2.13. The average Bonchev–Trinajstić information content (AvgIpc) is 2.66. The molecule has 1 aliphatic heterocycles. The molecule has 1 unspecified atom stereocenters. The lowest BCUT2D eigenvalue weighted by Crippen LogP contribution is -2.42. The van der Waals surface area contributed by atoms with Gasteiger partial charge in [-0.25, -0.2) is 14.2 Å². The number of hydrazine groups is 1. The van der Waals surface area contributed by atoms with Crippen LogP contribution in [0.3, 0.4) is 0 Å². The molecule has 0 fully saturated rings. The zero-order valence-electron chi connectivity index (χ0n) is 8.43. The second kappa shape index (κ2) is 4.22. The van der Waals surface area contributed by atoms with Crippen molar-refractivity contribution in [2.24, 2.45) is 0 Å². The third-order valence-electron chi connectivity index (χ3n) is 2.40. The van der Waals surface area contributed by atoms with Crippen molar-refractivity contribution in [3.63, 3.8) is 0 Å². The predicted octanol–water partition coefficient (Wildman–Crippen LogP) is 1.75. The van der Waals surface area contributed by atoms with Crippen molar-refractivity contribution in [2.75, 3.05) is 0 Å². The molecule has 1 aliphatic rings. The monoisotopic (exact) mass is 222 g/mol. The van der Waals surface area contributed by atoms with Crippen LogP contribution in [-0.4, -0.2) is 22.3 Å². The molecule has 1 amide bonds. The first kappa shape index (κ1) is 10.5. The molecule has 0 saturated carbocycles. The van der Waals surface area contributed by atoms with E-state index in [9.17, 15) is 9.18 Å². The predicted molar refractivity (Wildman–Crippen MR) is 56.0 cm³/mol. The van der Waals surface area contributed by atoms with E-state index in [0.29, 0.717) is 6.42 Å². The molecule has 1 atom stereocenters. The lowest BCUT2D eigenvalue weighted by Gasteiger charge is -2.21. The van der Waals surface area contributed by atoms with E-state index in [0.717, 1.165) is 10.6 Å². The highest BCUT2D eigenvalue weighted by atomic mass is 19.1. The summed E-state index contributed by atoms with van der Waals surface area (Å²) in [6.45, 7) is 0. The molecule has 0 aromatic heterocycles. The second-order valence-electron chi connectivity index (χ2n) is 3.54. The lowest BCUT2D eigenvalue weighted by atomic mass is 10.1. The molecule has 2 N–H and O–H groups in total. The number of halogens is 1. The summed E-state index contributed by atoms with van der Waals surface area (Å²) in [6.07, 6.45) is 2.71. The van der Waals surface area contributed by atoms with Gasteiger partial charge in [-0.15, -0.1) is 0 Å². The summed E-state index contributed by atoms with van der Waals surface area (Å²) in [5.74, 6) is -0.311. The first-order valence-corrected chi connectivity index (χ1v) is 4.86. The van der Waals surface area contributed by atoms with Crippen LogP contribution >= 0.6 is 0 Å². The van der Waals surface area contributed by atoms with Gasteiger partial charge in [-0.05, 0) is 30.2 Å². The quantitative estimate of drug-likeness (QED) is 0.801. The molecule has 0 spiro atoms. The van der Waals surface area contributed by atoms with E-state index in [2.05, 4.69) is 5.43 Å². The van der Waals surface area contributed by atoms with Gasteiger partial charge in [0.25, 0.3) is 0 Å². The minimum Gasteiger partial charge on any atom is -0.464 e. The van der Waals surface area contributed by atoms with Crippen molar-refractivity contribution in [1.82, 2.24) is 10.4 Å². The largest absolute Gasteiger partial charge is 0.464 e. The maximum absolute atomic E-state index is 12.9. The van der Waals surface area contributed by atoms with Crippen LogP contribution in [0.15, 0.2) is 36.5 Å². The van der Waals surface area contributed by atoms with Gasteiger partial charge in [0.05, 0.1) is 6.04 Å². The summed E-state index contributed by atoms with van der Waals surface area (Å²) >= 11 is 0. The van der Waals surface area contributed by atoms with E-state index >= 15 is 0 Å². The summed E-state index contributed by atoms with van der Waals surface area (Å²) in [5, 5.41) is 9.95. The van der Waals surface area contributed by atoms with Crippen LogP contribution in [0.1, 0.15) is 5.56 Å². The first-order chi connectivity index (χ1) is 7.66. The Morgan fingerprint density at radius 3 is 3.06 bits per heavy atom. The SMILES string of the molecule is O=C(O)N1NC=CC1Cc1cccc(F)c1. The number of amides is 1. The number of nitrogens with one attached hydrogen (secondary N) is 1. The lowest BCUT2D eigenvalue weighted by molar-refractivity contribution is 0.123. The molecule has 0 aliphatic carbocycles. The van der Waals surface area contributed by atoms with Crippen molar-refractivity contribution < 1.29 is 14.3 Å². The number of hydrogen-bond acceptors (Lipinski definition) is 2. The summed E-state index contributed by atoms with van der Waals surface area (Å²) in [6, 6.07) is 5.86. The number of benzene rings is 1. The Bertz CT molecular complexity index is 434. The summed E-state index contributed by atoms with van der Waals surface area (Å²) in [4.78, 5) is 10.8. The molecule has 4 nitrogen and oxygen atoms in total. The smallest absolute Gasteiger partial charge is 0.426 e. The summed E-state index contributed by atoms with van der Waals surface area (Å²) in [7, 11) is 0. The average molecular weight is 222 g/mol. The van der Waals surface area contributed by atoms with Crippen LogP contribution in [0, 0.1) is 5.82 Å². The van der Waals surface area contributed by atoms with Gasteiger partial charge in [-0.3, -0.25) is 0 Å². The zero-order valence-corrected chi connectivity index (χ0v) is 8.43. The standard InChI is InChI=1S/C11H11FN2O2/c12-9-3-1-2-8(6-9)7-10-4-5-13-14(10)11(15)16/h1-6,10,13H,7H2,(H,15,16). The van der Waals surface area contributed by atoms with E-state index in [-0.39, 0.29) is 11.9 Å². The van der Waals surface area contributed by atoms with E-state index in [1.807, 2.05) is 0 Å². The highest BCUT2D eigenvalue weighted by Crippen LogP contribution is 2.13. The van der Waals surface area contributed by atoms with E-state index in [1.54, 1.807) is 24.4 Å². The van der Waals surface area contributed by atoms with Gasteiger partial charge in [0, 0.05) is 6.20 Å². The molecule has 16 heavy (non-hydrogen) atoms. The topological polar surface area (TPSA) is 52.6 Å². The molecule has 1 heterocycles. The van der Waals surface area contributed by atoms with Crippen molar-refractivity contribution in [2.45, 2.75) is 12.5 Å². The molecule has 2 rings (SSSR count). The first-order valence-electron chi connectivity index (χ1n) is 4.86. The number of carboxylic acid groups (broad SMARTS) is 1. The summed E-state index contributed by atoms with van der Waals surface area (Å²) in [5.41, 5.74) is 3.37. The Labute approximate surface area is 92.0 Å². The fourth-order valence-corrected chi connectivity index (χ4v) is 1.68. The molecule has 0 bridgehead atoms. The van der Waals surface area contributed by atoms with Crippen LogP contribution < -0.4 is 5.43 Å². The molecule has 84 valence electrons. The van der Waals surface area contributed by atoms with Gasteiger partial charge in [0.2, 0.25) is 0 Å². The molecule has 5 heteroatoms. The number of rotatable bonds is 2. The third-order valence-corrected chi connectivity index (χ3v) is 2.40. The Balaban J connectivity index is 2.09. The van der Waals surface area contributed by atoms with Gasteiger partial charge >= 0.3 is 6.09 Å². The number of carbonyl (C=O) groups is 1. The van der Waals surface area contributed by atoms with Crippen LogP contribution in [-0.2, 0) is 6.42 Å². The second-order valence-corrected chi connectivity index (χ2v) is 3.54. The van der Waals surface area contributed by atoms with E-state index < -0.39 is 6.09 Å². The van der Waals surface area contributed by atoms with Crippen LogP contribution in [0.5, 0.6) is 0 Å². The molecule has 1 aromatic carbocycles. The molecule has 0 saturated heterocycles. The van der Waals surface area contributed by atoms with Crippen molar-refractivity contribution >= 4 is 6.09 Å². The normalized spacial score (nSPS) is 18.6. The Morgan fingerprint density at radius 1 is 1.56 bits per heavy atom. The Kier molecular flexibility index (Phi) is 2.76.